The number of rotatable bonds is 4. The number of anilines is 1. The minimum atomic E-state index is -0.197. The Morgan fingerprint density at radius 2 is 2.22 bits per heavy atom. The molecule has 3 heterocycles. The molecule has 122 valence electrons. The number of nitrogens with zero attached hydrogens (tertiary/aromatic N) is 4. The summed E-state index contributed by atoms with van der Waals surface area (Å²) in [6, 6.07) is 3.46. The van der Waals surface area contributed by atoms with Crippen LogP contribution in [0.25, 0.3) is 5.82 Å². The van der Waals surface area contributed by atoms with Gasteiger partial charge in [0.25, 0.3) is 0 Å². The van der Waals surface area contributed by atoms with Crippen molar-refractivity contribution in [2.45, 2.75) is 25.5 Å². The highest BCUT2D eigenvalue weighted by Gasteiger charge is 2.34. The summed E-state index contributed by atoms with van der Waals surface area (Å²) in [5, 5.41) is 3.00. The maximum absolute atomic E-state index is 12.6. The van der Waals surface area contributed by atoms with E-state index in [1.165, 1.54) is 0 Å². The zero-order valence-corrected chi connectivity index (χ0v) is 13.6. The predicted molar refractivity (Wildman–Crippen MR) is 86.6 cm³/mol. The summed E-state index contributed by atoms with van der Waals surface area (Å²) in [5.41, 5.74) is 0.674. The van der Waals surface area contributed by atoms with Gasteiger partial charge in [0, 0.05) is 32.2 Å². The lowest BCUT2D eigenvalue weighted by molar-refractivity contribution is -0.120. The number of carbonyl (C=O) groups is 1. The number of hydrogen-bond acceptors (Lipinski definition) is 5. The Bertz CT molecular complexity index is 699. The van der Waals surface area contributed by atoms with E-state index in [1.54, 1.807) is 19.5 Å². The molecule has 3 rings (SSSR count). The fraction of sp³-hybridized carbons (Fsp3) is 0.438. The van der Waals surface area contributed by atoms with Crippen molar-refractivity contribution in [3.05, 3.63) is 36.5 Å². The van der Waals surface area contributed by atoms with E-state index < -0.39 is 0 Å². The molecule has 0 spiro atoms. The molecule has 7 nitrogen and oxygen atoms in total. The third kappa shape index (κ3) is 3.11. The monoisotopic (exact) mass is 315 g/mol. The van der Waals surface area contributed by atoms with E-state index in [0.717, 1.165) is 12.4 Å². The van der Waals surface area contributed by atoms with Gasteiger partial charge >= 0.3 is 0 Å². The lowest BCUT2D eigenvalue weighted by Gasteiger charge is -2.19. The van der Waals surface area contributed by atoms with Crippen LogP contribution < -0.4 is 5.32 Å². The van der Waals surface area contributed by atoms with Crippen molar-refractivity contribution in [3.8, 4) is 5.82 Å². The fourth-order valence-electron chi connectivity index (χ4n) is 2.93. The number of likely N-dealkylation sites (N-methyl/N-ethyl adjacent to an activating group) is 1. The largest absolute Gasteiger partial charge is 0.380 e. The minimum absolute atomic E-state index is 0.0425. The van der Waals surface area contributed by atoms with E-state index in [9.17, 15) is 4.79 Å². The molecule has 1 fully saturated rings. The Labute approximate surface area is 135 Å². The van der Waals surface area contributed by atoms with Crippen molar-refractivity contribution in [2.75, 3.05) is 26.0 Å². The van der Waals surface area contributed by atoms with Crippen molar-refractivity contribution in [3.63, 3.8) is 0 Å². The molecule has 0 aromatic carbocycles. The number of aryl methyl sites for hydroxylation is 1. The third-order valence-corrected chi connectivity index (χ3v) is 4.24. The van der Waals surface area contributed by atoms with Crippen LogP contribution in [0.3, 0.4) is 0 Å². The molecule has 1 saturated heterocycles. The summed E-state index contributed by atoms with van der Waals surface area (Å²) in [6.07, 6.45) is 6.03. The molecular weight excluding hydrogens is 294 g/mol. The highest BCUT2D eigenvalue weighted by Crippen LogP contribution is 2.22. The standard InChI is InChI=1S/C16H21N5O2/c1-11-17-7-8-21(11)15-13(5-4-6-18-15)19-16(22)14-9-12(23-3)10-20(14)2/h4-8,12,14H,9-10H2,1-3H3,(H,19,22)/t12-,14-/m0/s1. The van der Waals surface area contributed by atoms with Gasteiger partial charge in [-0.3, -0.25) is 14.3 Å². The Balaban J connectivity index is 1.81. The Morgan fingerprint density at radius 3 is 2.87 bits per heavy atom. The van der Waals surface area contributed by atoms with Gasteiger partial charge in [-0.2, -0.15) is 0 Å². The average molecular weight is 315 g/mol. The van der Waals surface area contributed by atoms with Crippen LogP contribution in [0.5, 0.6) is 0 Å². The number of methoxy groups -OCH3 is 1. The van der Waals surface area contributed by atoms with Crippen LogP contribution in [0, 0.1) is 6.92 Å². The molecule has 0 bridgehead atoms. The molecule has 1 amide bonds. The zero-order valence-electron chi connectivity index (χ0n) is 13.6. The van der Waals surface area contributed by atoms with Gasteiger partial charge in [0.1, 0.15) is 5.82 Å². The summed E-state index contributed by atoms with van der Waals surface area (Å²) < 4.78 is 7.22. The summed E-state index contributed by atoms with van der Waals surface area (Å²) in [7, 11) is 3.62. The van der Waals surface area contributed by atoms with Gasteiger partial charge in [0.2, 0.25) is 5.91 Å². The van der Waals surface area contributed by atoms with Gasteiger partial charge in [0.15, 0.2) is 5.82 Å². The number of amides is 1. The maximum Gasteiger partial charge on any atom is 0.241 e. The number of pyridine rings is 1. The number of nitrogens with one attached hydrogen (secondary N) is 1. The minimum Gasteiger partial charge on any atom is -0.380 e. The van der Waals surface area contributed by atoms with Gasteiger partial charge < -0.3 is 10.1 Å². The van der Waals surface area contributed by atoms with Crippen LogP contribution in [0.4, 0.5) is 5.69 Å². The molecule has 1 N–H and O–H groups in total. The summed E-state index contributed by atoms with van der Waals surface area (Å²) in [4.78, 5) is 23.2. The van der Waals surface area contributed by atoms with Gasteiger partial charge in [-0.05, 0) is 32.5 Å². The number of imidazole rings is 1. The number of ether oxygens (including phenoxy) is 1. The van der Waals surface area contributed by atoms with Crippen LogP contribution in [0.15, 0.2) is 30.7 Å². The quantitative estimate of drug-likeness (QED) is 0.919. The van der Waals surface area contributed by atoms with E-state index in [2.05, 4.69) is 15.3 Å². The van der Waals surface area contributed by atoms with Gasteiger partial charge in [-0.1, -0.05) is 0 Å². The molecule has 23 heavy (non-hydrogen) atoms. The normalized spacial score (nSPS) is 21.5. The van der Waals surface area contributed by atoms with Crippen molar-refractivity contribution >= 4 is 11.6 Å². The topological polar surface area (TPSA) is 72.3 Å². The lowest BCUT2D eigenvalue weighted by atomic mass is 10.2. The molecule has 1 aliphatic rings. The molecule has 0 radical (unpaired) electrons. The van der Waals surface area contributed by atoms with Crippen LogP contribution in [-0.4, -0.2) is 58.2 Å². The first kappa shape index (κ1) is 15.6. The van der Waals surface area contributed by atoms with Gasteiger partial charge in [0.05, 0.1) is 17.8 Å². The van der Waals surface area contributed by atoms with Crippen molar-refractivity contribution in [2.24, 2.45) is 0 Å². The van der Waals surface area contributed by atoms with Crippen molar-refractivity contribution < 1.29 is 9.53 Å². The van der Waals surface area contributed by atoms with Crippen LogP contribution in [0.2, 0.25) is 0 Å². The Morgan fingerprint density at radius 1 is 1.39 bits per heavy atom. The van der Waals surface area contributed by atoms with Crippen molar-refractivity contribution in [1.82, 2.24) is 19.4 Å². The molecule has 0 unspecified atom stereocenters. The first-order valence-corrected chi connectivity index (χ1v) is 7.59. The maximum atomic E-state index is 12.6. The van der Waals surface area contributed by atoms with E-state index in [1.807, 2.05) is 41.8 Å². The highest BCUT2D eigenvalue weighted by atomic mass is 16.5. The van der Waals surface area contributed by atoms with Crippen LogP contribution >= 0.6 is 0 Å². The molecule has 2 atom stereocenters. The summed E-state index contributed by atoms with van der Waals surface area (Å²) in [6.45, 7) is 2.66. The molecule has 2 aromatic heterocycles. The molecule has 7 heteroatoms. The second kappa shape index (κ2) is 6.47. The van der Waals surface area contributed by atoms with Crippen LogP contribution in [-0.2, 0) is 9.53 Å². The van der Waals surface area contributed by atoms with E-state index >= 15 is 0 Å². The SMILES string of the molecule is CO[C@H]1C[C@@H](C(=O)Nc2cccnc2-n2ccnc2C)N(C)C1. The van der Waals surface area contributed by atoms with E-state index in [4.69, 9.17) is 4.74 Å². The van der Waals surface area contributed by atoms with Crippen LogP contribution in [0.1, 0.15) is 12.2 Å². The molecule has 1 aliphatic heterocycles. The summed E-state index contributed by atoms with van der Waals surface area (Å²) in [5.74, 6) is 1.44. The Hall–Kier alpha value is -2.25. The predicted octanol–water partition coefficient (Wildman–Crippen LogP) is 1.23. The first-order chi connectivity index (χ1) is 11.1. The van der Waals surface area contributed by atoms with Gasteiger partial charge in [-0.15, -0.1) is 0 Å². The van der Waals surface area contributed by atoms with Crippen molar-refractivity contribution in [1.29, 1.82) is 0 Å². The van der Waals surface area contributed by atoms with E-state index in [0.29, 0.717) is 17.9 Å². The second-order valence-electron chi connectivity index (χ2n) is 5.76. The Kier molecular flexibility index (Phi) is 4.40. The zero-order chi connectivity index (χ0) is 16.4. The third-order valence-electron chi connectivity index (χ3n) is 4.24. The number of likely N-dealkylation sites (tertiary alicyclic amines) is 1. The number of carbonyl (C=O) groups excluding carboxylic acids is 1. The number of aromatic nitrogens is 3. The lowest BCUT2D eigenvalue weighted by Crippen LogP contribution is -2.37. The second-order valence-corrected chi connectivity index (χ2v) is 5.76. The van der Waals surface area contributed by atoms with Gasteiger partial charge in [-0.25, -0.2) is 9.97 Å². The first-order valence-electron chi connectivity index (χ1n) is 7.59. The molecule has 0 saturated carbocycles. The van der Waals surface area contributed by atoms with E-state index in [-0.39, 0.29) is 18.1 Å². The molecule has 0 aliphatic carbocycles. The molecular formula is C16H21N5O2. The highest BCUT2D eigenvalue weighted by molar-refractivity contribution is 5.96. The smallest absolute Gasteiger partial charge is 0.241 e. The average Bonchev–Trinajstić information content (AvgIpc) is 3.13. The molecule has 2 aromatic rings. The fourth-order valence-corrected chi connectivity index (χ4v) is 2.93. The summed E-state index contributed by atoms with van der Waals surface area (Å²) >= 11 is 0. The number of hydrogen-bond donors (Lipinski definition) is 1.